The molecule has 0 spiro atoms. The van der Waals surface area contributed by atoms with Crippen molar-refractivity contribution in [3.8, 4) is 11.5 Å². The summed E-state index contributed by atoms with van der Waals surface area (Å²) in [5, 5.41) is 7.55. The molecule has 1 aliphatic heterocycles. The van der Waals surface area contributed by atoms with Gasteiger partial charge in [-0.2, -0.15) is 0 Å². The van der Waals surface area contributed by atoms with Gasteiger partial charge in [0.15, 0.2) is 5.13 Å². The number of carbonyl (C=O) groups excluding carboxylic acids is 2. The first kappa shape index (κ1) is 23.6. The van der Waals surface area contributed by atoms with Gasteiger partial charge in [0.05, 0.1) is 25.7 Å². The van der Waals surface area contributed by atoms with Crippen LogP contribution in [0.4, 0.5) is 10.8 Å². The van der Waals surface area contributed by atoms with E-state index in [0.29, 0.717) is 11.7 Å². The van der Waals surface area contributed by atoms with Crippen LogP contribution >= 0.6 is 11.3 Å². The lowest BCUT2D eigenvalue weighted by Crippen LogP contribution is -2.54. The van der Waals surface area contributed by atoms with Crippen molar-refractivity contribution in [3.05, 3.63) is 65.2 Å². The fourth-order valence-corrected chi connectivity index (χ4v) is 4.35. The quantitative estimate of drug-likeness (QED) is 0.475. The van der Waals surface area contributed by atoms with Crippen molar-refractivity contribution in [2.45, 2.75) is 32.9 Å². The Morgan fingerprint density at radius 1 is 1.12 bits per heavy atom. The molecular formula is C25H28N4O4S. The van der Waals surface area contributed by atoms with Crippen LogP contribution in [0.1, 0.15) is 42.9 Å². The lowest BCUT2D eigenvalue weighted by Gasteiger charge is -2.40. The van der Waals surface area contributed by atoms with Gasteiger partial charge in [-0.05, 0) is 55.8 Å². The topological polar surface area (TPSA) is 92.8 Å². The van der Waals surface area contributed by atoms with Crippen molar-refractivity contribution >= 4 is 34.0 Å². The minimum atomic E-state index is -0.287. The lowest BCUT2D eigenvalue weighted by molar-refractivity contribution is -0.114. The van der Waals surface area contributed by atoms with Gasteiger partial charge in [0, 0.05) is 18.0 Å². The molecule has 4 rings (SSSR count). The number of nitrogens with zero attached hydrogens (tertiary/aromatic N) is 2. The maximum absolute atomic E-state index is 12.5. The number of nitrogens with one attached hydrogen (secondary N) is 2. The van der Waals surface area contributed by atoms with Gasteiger partial charge in [-0.25, -0.2) is 4.98 Å². The second-order valence-corrected chi connectivity index (χ2v) is 8.91. The Balaban J connectivity index is 1.25. The number of rotatable bonds is 9. The molecule has 2 amide bonds. The predicted molar refractivity (Wildman–Crippen MR) is 133 cm³/mol. The highest BCUT2D eigenvalue weighted by Crippen LogP contribution is 2.27. The molecule has 9 heteroatoms. The Labute approximate surface area is 202 Å². The summed E-state index contributed by atoms with van der Waals surface area (Å²) >= 11 is 1.22. The van der Waals surface area contributed by atoms with Crippen LogP contribution in [0.2, 0.25) is 0 Å². The summed E-state index contributed by atoms with van der Waals surface area (Å²) in [5.41, 5.74) is 2.40. The molecule has 0 radical (unpaired) electrons. The summed E-state index contributed by atoms with van der Waals surface area (Å²) in [5.74, 6) is 1.18. The summed E-state index contributed by atoms with van der Waals surface area (Å²) < 4.78 is 11.6. The van der Waals surface area contributed by atoms with Crippen LogP contribution in [0.15, 0.2) is 53.9 Å². The molecule has 1 atom stereocenters. The molecule has 8 nitrogen and oxygen atoms in total. The normalized spacial score (nSPS) is 14.1. The molecule has 0 aliphatic carbocycles. The Kier molecular flexibility index (Phi) is 7.32. The number of benzene rings is 2. The Morgan fingerprint density at radius 3 is 2.44 bits per heavy atom. The summed E-state index contributed by atoms with van der Waals surface area (Å²) in [4.78, 5) is 30.0. The van der Waals surface area contributed by atoms with Gasteiger partial charge in [0.25, 0.3) is 5.91 Å². The van der Waals surface area contributed by atoms with Gasteiger partial charge in [-0.3, -0.25) is 9.59 Å². The second-order valence-electron chi connectivity index (χ2n) is 8.06. The standard InChI is InChI=1S/C25H28N4O4S/c1-4-32-20-11-7-19(8-12-20)29-13-22(14-29)33-21-9-5-18(6-10-21)16(2)26-24(31)23-15-34-25(28-23)27-17(3)30/h5-12,15-16,22H,4,13-14H2,1-3H3,(H,26,31)(H,27,28,30)/t16-/m0/s1. The van der Waals surface area contributed by atoms with Crippen LogP contribution in [-0.2, 0) is 4.79 Å². The largest absolute Gasteiger partial charge is 0.494 e. The maximum atomic E-state index is 12.5. The third-order valence-electron chi connectivity index (χ3n) is 5.41. The molecule has 34 heavy (non-hydrogen) atoms. The third kappa shape index (κ3) is 5.85. The smallest absolute Gasteiger partial charge is 0.271 e. The zero-order valence-corrected chi connectivity index (χ0v) is 20.2. The van der Waals surface area contributed by atoms with Gasteiger partial charge < -0.3 is 25.0 Å². The van der Waals surface area contributed by atoms with Crippen molar-refractivity contribution in [1.82, 2.24) is 10.3 Å². The van der Waals surface area contributed by atoms with E-state index >= 15 is 0 Å². The minimum Gasteiger partial charge on any atom is -0.494 e. The Morgan fingerprint density at radius 2 is 1.79 bits per heavy atom. The van der Waals surface area contributed by atoms with Crippen LogP contribution in [0.25, 0.3) is 0 Å². The highest BCUT2D eigenvalue weighted by atomic mass is 32.1. The van der Waals surface area contributed by atoms with Crippen LogP contribution in [0, 0.1) is 0 Å². The number of aromatic nitrogens is 1. The molecule has 1 aliphatic rings. The SMILES string of the molecule is CCOc1ccc(N2CC(Oc3ccc([C@H](C)NC(=O)c4csc(NC(C)=O)n4)cc3)C2)cc1. The average Bonchev–Trinajstić information content (AvgIpc) is 3.25. The lowest BCUT2D eigenvalue weighted by atomic mass is 10.1. The fourth-order valence-electron chi connectivity index (χ4n) is 3.61. The third-order valence-corrected chi connectivity index (χ3v) is 6.17. The van der Waals surface area contributed by atoms with Gasteiger partial charge in [0.1, 0.15) is 23.3 Å². The molecule has 0 bridgehead atoms. The van der Waals surface area contributed by atoms with E-state index in [9.17, 15) is 9.59 Å². The molecule has 0 saturated carbocycles. The fraction of sp³-hybridized carbons (Fsp3) is 0.320. The molecule has 1 saturated heterocycles. The zero-order chi connectivity index (χ0) is 24.1. The number of amides is 2. The summed E-state index contributed by atoms with van der Waals surface area (Å²) in [6.07, 6.45) is 0.136. The van der Waals surface area contributed by atoms with E-state index in [2.05, 4.69) is 32.7 Å². The number of anilines is 2. The molecule has 1 fully saturated rings. The number of hydrogen-bond donors (Lipinski definition) is 2. The van der Waals surface area contributed by atoms with Crippen LogP contribution in [0.5, 0.6) is 11.5 Å². The summed E-state index contributed by atoms with van der Waals surface area (Å²) in [6.45, 7) is 7.61. The first-order chi connectivity index (χ1) is 16.4. The predicted octanol–water partition coefficient (Wildman–Crippen LogP) is 4.26. The highest BCUT2D eigenvalue weighted by molar-refractivity contribution is 7.14. The van der Waals surface area contributed by atoms with Crippen molar-refractivity contribution < 1.29 is 19.1 Å². The molecule has 2 aromatic carbocycles. The second kappa shape index (κ2) is 10.6. The van der Waals surface area contributed by atoms with Crippen LogP contribution in [-0.4, -0.2) is 42.6 Å². The molecule has 1 aromatic heterocycles. The first-order valence-corrected chi connectivity index (χ1v) is 12.1. The number of thiazole rings is 1. The van der Waals surface area contributed by atoms with Gasteiger partial charge in [0.2, 0.25) is 5.91 Å². The highest BCUT2D eigenvalue weighted by Gasteiger charge is 2.28. The molecular weight excluding hydrogens is 452 g/mol. The Bertz CT molecular complexity index is 1120. The molecule has 2 heterocycles. The number of ether oxygens (including phenoxy) is 2. The summed E-state index contributed by atoms with van der Waals surface area (Å²) in [7, 11) is 0. The first-order valence-electron chi connectivity index (χ1n) is 11.2. The molecule has 0 unspecified atom stereocenters. The molecule has 3 aromatic rings. The summed E-state index contributed by atoms with van der Waals surface area (Å²) in [6, 6.07) is 15.7. The van der Waals surface area contributed by atoms with E-state index in [1.165, 1.54) is 18.3 Å². The average molecular weight is 481 g/mol. The monoisotopic (exact) mass is 480 g/mol. The van der Waals surface area contributed by atoms with Gasteiger partial charge >= 0.3 is 0 Å². The minimum absolute atomic E-state index is 0.136. The zero-order valence-electron chi connectivity index (χ0n) is 19.4. The van der Waals surface area contributed by atoms with E-state index in [1.807, 2.05) is 50.2 Å². The van der Waals surface area contributed by atoms with E-state index < -0.39 is 0 Å². The number of carbonyl (C=O) groups is 2. The number of hydrogen-bond acceptors (Lipinski definition) is 7. The van der Waals surface area contributed by atoms with E-state index in [4.69, 9.17) is 9.47 Å². The van der Waals surface area contributed by atoms with E-state index in [1.54, 1.807) is 5.38 Å². The maximum Gasteiger partial charge on any atom is 0.271 e. The molecule has 2 N–H and O–H groups in total. The molecule has 178 valence electrons. The van der Waals surface area contributed by atoms with Crippen LogP contribution < -0.4 is 25.0 Å². The van der Waals surface area contributed by atoms with E-state index in [-0.39, 0.29) is 29.7 Å². The van der Waals surface area contributed by atoms with E-state index in [0.717, 1.165) is 35.8 Å². The van der Waals surface area contributed by atoms with Crippen molar-refractivity contribution in [2.75, 3.05) is 29.9 Å². The van der Waals surface area contributed by atoms with Gasteiger partial charge in [-0.15, -0.1) is 11.3 Å². The Hall–Kier alpha value is -3.59. The van der Waals surface area contributed by atoms with Crippen molar-refractivity contribution in [3.63, 3.8) is 0 Å². The van der Waals surface area contributed by atoms with Crippen LogP contribution in [0.3, 0.4) is 0 Å². The van der Waals surface area contributed by atoms with Crippen molar-refractivity contribution in [2.24, 2.45) is 0 Å². The van der Waals surface area contributed by atoms with Gasteiger partial charge in [-0.1, -0.05) is 12.1 Å². The van der Waals surface area contributed by atoms with Crippen molar-refractivity contribution in [1.29, 1.82) is 0 Å².